The number of sulfonamides is 1. The van der Waals surface area contributed by atoms with Crippen LogP contribution < -0.4 is 4.31 Å². The number of thiophene rings is 1. The second-order valence-corrected chi connectivity index (χ2v) is 10.4. The van der Waals surface area contributed by atoms with Gasteiger partial charge in [0.05, 0.1) is 29.7 Å². The number of rotatable bonds is 6. The Morgan fingerprint density at radius 3 is 2.43 bits per heavy atom. The number of nitrogens with zero attached hydrogens (tertiary/aromatic N) is 1. The van der Waals surface area contributed by atoms with Gasteiger partial charge < -0.3 is 4.74 Å². The number of methoxy groups -OCH3 is 1. The molecule has 0 aliphatic carbocycles. The third kappa shape index (κ3) is 5.01. The lowest BCUT2D eigenvalue weighted by Gasteiger charge is -2.24. The topological polar surface area (TPSA) is 63.7 Å². The summed E-state index contributed by atoms with van der Waals surface area (Å²) in [6.07, 6.45) is -4.95. The summed E-state index contributed by atoms with van der Waals surface area (Å²) in [4.78, 5) is 11.7. The van der Waals surface area contributed by atoms with E-state index >= 15 is 0 Å². The standard InChI is InChI=1S/C24H17F4NO4S2/c1-33-23(30)17-6-4-7-18(12-17)35(31,32)29(22-13-16-5-2-3-8-21(16)34-22)14-15-9-10-20(25)19(11-15)24(26,27)28/h2-13H,14H2,1H3. The molecule has 182 valence electrons. The minimum absolute atomic E-state index is 0.00833. The Balaban J connectivity index is 1.85. The number of esters is 1. The molecule has 5 nitrogen and oxygen atoms in total. The monoisotopic (exact) mass is 523 g/mol. The van der Waals surface area contributed by atoms with Crippen molar-refractivity contribution in [2.75, 3.05) is 11.4 Å². The number of halogens is 4. The molecule has 4 rings (SSSR count). The van der Waals surface area contributed by atoms with Gasteiger partial charge in [-0.25, -0.2) is 17.6 Å². The third-order valence-electron chi connectivity index (χ3n) is 5.16. The van der Waals surface area contributed by atoms with Gasteiger partial charge in [-0.2, -0.15) is 13.2 Å². The lowest BCUT2D eigenvalue weighted by molar-refractivity contribution is -0.140. The van der Waals surface area contributed by atoms with Crippen molar-refractivity contribution >= 4 is 42.4 Å². The van der Waals surface area contributed by atoms with Crippen LogP contribution in [0.4, 0.5) is 22.6 Å². The van der Waals surface area contributed by atoms with Gasteiger partial charge in [0.1, 0.15) is 10.8 Å². The number of benzene rings is 3. The minimum atomic E-state index is -4.95. The first kappa shape index (κ1) is 24.7. The number of hydrogen-bond acceptors (Lipinski definition) is 5. The van der Waals surface area contributed by atoms with E-state index in [1.807, 2.05) is 0 Å². The van der Waals surface area contributed by atoms with E-state index in [0.717, 1.165) is 45.0 Å². The molecule has 0 amide bonds. The molecule has 0 spiro atoms. The quantitative estimate of drug-likeness (QED) is 0.222. The largest absolute Gasteiger partial charge is 0.465 e. The maximum atomic E-state index is 13.8. The highest BCUT2D eigenvalue weighted by Crippen LogP contribution is 2.38. The van der Waals surface area contributed by atoms with Crippen molar-refractivity contribution in [1.29, 1.82) is 0 Å². The van der Waals surface area contributed by atoms with Crippen LogP contribution in [-0.2, 0) is 27.5 Å². The normalized spacial score (nSPS) is 12.0. The number of carbonyl (C=O) groups excluding carboxylic acids is 1. The van der Waals surface area contributed by atoms with E-state index in [1.54, 1.807) is 30.3 Å². The molecule has 4 aromatic rings. The molecule has 35 heavy (non-hydrogen) atoms. The van der Waals surface area contributed by atoms with Crippen LogP contribution in [0.15, 0.2) is 77.7 Å². The lowest BCUT2D eigenvalue weighted by atomic mass is 10.1. The molecule has 0 saturated carbocycles. The van der Waals surface area contributed by atoms with Gasteiger partial charge in [0.15, 0.2) is 0 Å². The molecule has 0 radical (unpaired) electrons. The second kappa shape index (κ2) is 9.31. The van der Waals surface area contributed by atoms with Crippen molar-refractivity contribution in [1.82, 2.24) is 0 Å². The van der Waals surface area contributed by atoms with Gasteiger partial charge in [0.2, 0.25) is 0 Å². The third-order valence-corrected chi connectivity index (χ3v) is 8.17. The fraction of sp³-hybridized carbons (Fsp3) is 0.125. The Morgan fingerprint density at radius 1 is 1.00 bits per heavy atom. The van der Waals surface area contributed by atoms with Crippen LogP contribution >= 0.6 is 11.3 Å². The fourth-order valence-electron chi connectivity index (χ4n) is 3.45. The summed E-state index contributed by atoms with van der Waals surface area (Å²) < 4.78 is 87.4. The molecular weight excluding hydrogens is 506 g/mol. The van der Waals surface area contributed by atoms with E-state index in [2.05, 4.69) is 4.74 Å². The van der Waals surface area contributed by atoms with Crippen molar-refractivity contribution in [3.05, 3.63) is 95.3 Å². The Kier molecular flexibility index (Phi) is 6.56. The molecule has 0 unspecified atom stereocenters. The van der Waals surface area contributed by atoms with Crippen LogP contribution in [-0.4, -0.2) is 21.5 Å². The Hall–Kier alpha value is -3.44. The number of alkyl halides is 3. The molecule has 0 aliphatic heterocycles. The second-order valence-electron chi connectivity index (χ2n) is 7.47. The molecule has 11 heteroatoms. The number of carbonyl (C=O) groups is 1. The highest BCUT2D eigenvalue weighted by Gasteiger charge is 2.35. The first-order chi connectivity index (χ1) is 16.5. The van der Waals surface area contributed by atoms with Gasteiger partial charge in [-0.15, -0.1) is 11.3 Å². The van der Waals surface area contributed by atoms with Crippen LogP contribution in [0.1, 0.15) is 21.5 Å². The molecule has 0 fully saturated rings. The number of fused-ring (bicyclic) bond motifs is 1. The summed E-state index contributed by atoms with van der Waals surface area (Å²) in [5.41, 5.74) is -1.56. The van der Waals surface area contributed by atoms with Gasteiger partial charge in [0.25, 0.3) is 10.0 Å². The van der Waals surface area contributed by atoms with E-state index < -0.39 is 40.1 Å². The average Bonchev–Trinajstić information content (AvgIpc) is 3.26. The van der Waals surface area contributed by atoms with E-state index in [-0.39, 0.29) is 21.0 Å². The number of hydrogen-bond donors (Lipinski definition) is 0. The summed E-state index contributed by atoms with van der Waals surface area (Å²) >= 11 is 1.13. The van der Waals surface area contributed by atoms with Crippen LogP contribution in [0.25, 0.3) is 10.1 Å². The summed E-state index contributed by atoms with van der Waals surface area (Å²) in [6, 6.07) is 16.2. The summed E-state index contributed by atoms with van der Waals surface area (Å²) in [5.74, 6) is -2.20. The molecule has 0 aliphatic rings. The summed E-state index contributed by atoms with van der Waals surface area (Å²) in [6.45, 7) is -0.499. The SMILES string of the molecule is COC(=O)c1cccc(S(=O)(=O)N(Cc2ccc(F)c(C(F)(F)F)c2)c2cc3ccccc3s2)c1. The van der Waals surface area contributed by atoms with Gasteiger partial charge in [0, 0.05) is 4.70 Å². The maximum absolute atomic E-state index is 13.8. The smallest absolute Gasteiger partial charge is 0.419 e. The zero-order chi connectivity index (χ0) is 25.4. The average molecular weight is 524 g/mol. The van der Waals surface area contributed by atoms with E-state index in [9.17, 15) is 30.8 Å². The van der Waals surface area contributed by atoms with Crippen molar-refractivity contribution in [3.63, 3.8) is 0 Å². The highest BCUT2D eigenvalue weighted by molar-refractivity contribution is 7.93. The van der Waals surface area contributed by atoms with Crippen LogP contribution in [0.3, 0.4) is 0 Å². The molecule has 0 atom stereocenters. The first-order valence-corrected chi connectivity index (χ1v) is 12.3. The lowest BCUT2D eigenvalue weighted by Crippen LogP contribution is -2.30. The number of ether oxygens (including phenoxy) is 1. The van der Waals surface area contributed by atoms with Crippen molar-refractivity contribution in [2.45, 2.75) is 17.6 Å². The summed E-state index contributed by atoms with van der Waals surface area (Å²) in [5, 5.41) is 0.985. The van der Waals surface area contributed by atoms with Crippen molar-refractivity contribution in [2.24, 2.45) is 0 Å². The molecule has 3 aromatic carbocycles. The zero-order valence-electron chi connectivity index (χ0n) is 18.0. The molecule has 0 bridgehead atoms. The molecule has 1 aromatic heterocycles. The predicted molar refractivity (Wildman–Crippen MR) is 124 cm³/mol. The molecule has 1 heterocycles. The van der Waals surface area contributed by atoms with E-state index in [4.69, 9.17) is 0 Å². The highest BCUT2D eigenvalue weighted by atomic mass is 32.2. The minimum Gasteiger partial charge on any atom is -0.465 e. The van der Waals surface area contributed by atoms with Gasteiger partial charge >= 0.3 is 12.1 Å². The molecular formula is C24H17F4NO4S2. The van der Waals surface area contributed by atoms with Crippen LogP contribution in [0.5, 0.6) is 0 Å². The van der Waals surface area contributed by atoms with E-state index in [0.29, 0.717) is 12.1 Å². The molecule has 0 N–H and O–H groups in total. The predicted octanol–water partition coefficient (Wildman–Crippen LogP) is 6.24. The van der Waals surface area contributed by atoms with Gasteiger partial charge in [-0.1, -0.05) is 30.3 Å². The van der Waals surface area contributed by atoms with Gasteiger partial charge in [-0.3, -0.25) is 4.31 Å². The zero-order valence-corrected chi connectivity index (χ0v) is 19.7. The van der Waals surface area contributed by atoms with Crippen LogP contribution in [0, 0.1) is 5.82 Å². The van der Waals surface area contributed by atoms with Gasteiger partial charge in [-0.05, 0) is 53.4 Å². The molecule has 0 saturated heterocycles. The fourth-order valence-corrected chi connectivity index (χ4v) is 6.22. The Bertz CT molecular complexity index is 1480. The maximum Gasteiger partial charge on any atom is 0.419 e. The van der Waals surface area contributed by atoms with Crippen LogP contribution in [0.2, 0.25) is 0 Å². The van der Waals surface area contributed by atoms with Crippen molar-refractivity contribution in [3.8, 4) is 0 Å². The Morgan fingerprint density at radius 2 is 1.74 bits per heavy atom. The first-order valence-electron chi connectivity index (χ1n) is 10.1. The number of anilines is 1. The van der Waals surface area contributed by atoms with E-state index in [1.165, 1.54) is 18.2 Å². The van der Waals surface area contributed by atoms with Crippen molar-refractivity contribution < 1.29 is 35.5 Å². The summed E-state index contributed by atoms with van der Waals surface area (Å²) in [7, 11) is -3.21. The Labute approximate surface area is 202 Å².